The van der Waals surface area contributed by atoms with Crippen LogP contribution in [0.2, 0.25) is 5.02 Å². The first-order valence-electron chi connectivity index (χ1n) is 9.18. The number of benzene rings is 1. The highest BCUT2D eigenvalue weighted by molar-refractivity contribution is 6.33. The Bertz CT molecular complexity index is 865. The van der Waals surface area contributed by atoms with E-state index in [-0.39, 0.29) is 22.0 Å². The topological polar surface area (TPSA) is 58.6 Å². The maximum absolute atomic E-state index is 13.3. The number of halogens is 1. The minimum Gasteiger partial charge on any atom is -0.378 e. The molecule has 1 saturated heterocycles. The van der Waals surface area contributed by atoms with Gasteiger partial charge in [0.25, 0.3) is 5.91 Å². The third-order valence-corrected chi connectivity index (χ3v) is 5.49. The number of ether oxygens (including phenoxy) is 1. The predicted molar refractivity (Wildman–Crippen MR) is 104 cm³/mol. The van der Waals surface area contributed by atoms with Gasteiger partial charge >= 0.3 is 0 Å². The molecule has 7 heteroatoms. The first-order valence-corrected chi connectivity index (χ1v) is 9.56. The van der Waals surface area contributed by atoms with E-state index in [0.717, 1.165) is 0 Å². The lowest BCUT2D eigenvalue weighted by molar-refractivity contribution is 0.0680. The van der Waals surface area contributed by atoms with Gasteiger partial charge in [0, 0.05) is 31.6 Å². The summed E-state index contributed by atoms with van der Waals surface area (Å²) in [6.45, 7) is 8.18. The summed E-state index contributed by atoms with van der Waals surface area (Å²) in [7, 11) is 0. The van der Waals surface area contributed by atoms with Crippen molar-refractivity contribution in [3.05, 3.63) is 52.3 Å². The number of hydrogen-bond donors (Lipinski definition) is 0. The van der Waals surface area contributed by atoms with E-state index in [0.29, 0.717) is 45.3 Å². The van der Waals surface area contributed by atoms with Gasteiger partial charge in [0.2, 0.25) is 5.95 Å². The van der Waals surface area contributed by atoms with Gasteiger partial charge < -0.3 is 14.5 Å². The van der Waals surface area contributed by atoms with Crippen molar-refractivity contribution in [1.82, 2.24) is 14.9 Å². The molecular formula is C20H23ClN4O2. The second-order valence-electron chi connectivity index (χ2n) is 7.67. The molecule has 4 rings (SSSR count). The summed E-state index contributed by atoms with van der Waals surface area (Å²) in [4.78, 5) is 25.9. The normalized spacial score (nSPS) is 18.9. The van der Waals surface area contributed by atoms with Gasteiger partial charge in [0.1, 0.15) is 0 Å². The van der Waals surface area contributed by atoms with Gasteiger partial charge in [0.15, 0.2) is 5.69 Å². The van der Waals surface area contributed by atoms with Crippen molar-refractivity contribution in [2.24, 2.45) is 0 Å². The average molecular weight is 387 g/mol. The largest absolute Gasteiger partial charge is 0.378 e. The number of amides is 1. The van der Waals surface area contributed by atoms with Crippen LogP contribution in [0, 0.1) is 0 Å². The first kappa shape index (κ1) is 18.2. The highest BCUT2D eigenvalue weighted by Crippen LogP contribution is 2.34. The van der Waals surface area contributed by atoms with E-state index in [1.807, 2.05) is 21.9 Å². The lowest BCUT2D eigenvalue weighted by atomic mass is 9.78. The summed E-state index contributed by atoms with van der Waals surface area (Å²) in [6.07, 6.45) is 1.52. The predicted octanol–water partition coefficient (Wildman–Crippen LogP) is 2.90. The monoisotopic (exact) mass is 386 g/mol. The zero-order chi connectivity index (χ0) is 19.0. The third kappa shape index (κ3) is 3.51. The van der Waals surface area contributed by atoms with E-state index in [2.05, 4.69) is 35.9 Å². The van der Waals surface area contributed by atoms with Crippen LogP contribution in [-0.2, 0) is 16.7 Å². The fraction of sp³-hybridized carbons (Fsp3) is 0.450. The molecule has 1 aromatic carbocycles. The number of hydrogen-bond acceptors (Lipinski definition) is 5. The van der Waals surface area contributed by atoms with Crippen LogP contribution < -0.4 is 4.90 Å². The van der Waals surface area contributed by atoms with Gasteiger partial charge in [-0.15, -0.1) is 0 Å². The molecule has 142 valence electrons. The molecule has 27 heavy (non-hydrogen) atoms. The quantitative estimate of drug-likeness (QED) is 0.794. The molecule has 0 unspecified atom stereocenters. The molecule has 0 N–H and O–H groups in total. The number of nitrogens with zero attached hydrogens (tertiary/aromatic N) is 4. The number of anilines is 1. The Morgan fingerprint density at radius 2 is 1.96 bits per heavy atom. The number of fused-ring (bicyclic) bond motifs is 1. The summed E-state index contributed by atoms with van der Waals surface area (Å²) in [5, 5.41) is 0.286. The van der Waals surface area contributed by atoms with Crippen LogP contribution in [0.4, 0.5) is 5.95 Å². The fourth-order valence-corrected chi connectivity index (χ4v) is 4.03. The molecule has 2 aromatic rings. The van der Waals surface area contributed by atoms with Gasteiger partial charge in [0.05, 0.1) is 24.4 Å². The molecule has 2 aliphatic rings. The minimum absolute atomic E-state index is 0.128. The summed E-state index contributed by atoms with van der Waals surface area (Å²) in [6, 6.07) is 8.29. The second kappa shape index (κ2) is 7.09. The third-order valence-electron chi connectivity index (χ3n) is 5.21. The zero-order valence-electron chi connectivity index (χ0n) is 15.6. The molecular weight excluding hydrogens is 364 g/mol. The number of carbonyl (C=O) groups excluding carboxylic acids is 1. The Balaban J connectivity index is 1.63. The maximum Gasteiger partial charge on any atom is 0.274 e. The van der Waals surface area contributed by atoms with Crippen molar-refractivity contribution in [2.45, 2.75) is 25.8 Å². The van der Waals surface area contributed by atoms with Crippen LogP contribution in [0.15, 0.2) is 30.5 Å². The van der Waals surface area contributed by atoms with Gasteiger partial charge in [-0.05, 0) is 11.1 Å². The van der Waals surface area contributed by atoms with Gasteiger partial charge in [-0.2, -0.15) is 0 Å². The average Bonchev–Trinajstić information content (AvgIpc) is 2.68. The Hall–Kier alpha value is -2.18. The van der Waals surface area contributed by atoms with Crippen molar-refractivity contribution < 1.29 is 9.53 Å². The summed E-state index contributed by atoms with van der Waals surface area (Å²) < 4.78 is 5.38. The van der Waals surface area contributed by atoms with Crippen LogP contribution in [-0.4, -0.2) is 53.6 Å². The molecule has 0 saturated carbocycles. The molecule has 0 aliphatic carbocycles. The molecule has 0 atom stereocenters. The minimum atomic E-state index is -0.153. The molecule has 3 heterocycles. The van der Waals surface area contributed by atoms with Crippen LogP contribution in [0.5, 0.6) is 0 Å². The molecule has 0 spiro atoms. The van der Waals surface area contributed by atoms with Crippen molar-refractivity contribution >= 4 is 23.5 Å². The Kier molecular flexibility index (Phi) is 4.78. The van der Waals surface area contributed by atoms with E-state index in [1.54, 1.807) is 0 Å². The number of aromatic nitrogens is 2. The molecule has 2 aliphatic heterocycles. The zero-order valence-corrected chi connectivity index (χ0v) is 16.4. The fourth-order valence-electron chi connectivity index (χ4n) is 3.86. The molecule has 1 aromatic heterocycles. The van der Waals surface area contributed by atoms with Crippen molar-refractivity contribution in [3.8, 4) is 0 Å². The molecule has 0 bridgehead atoms. The van der Waals surface area contributed by atoms with Gasteiger partial charge in [-0.25, -0.2) is 9.97 Å². The van der Waals surface area contributed by atoms with Crippen molar-refractivity contribution in [2.75, 3.05) is 37.7 Å². The lowest BCUT2D eigenvalue weighted by Crippen LogP contribution is -2.45. The van der Waals surface area contributed by atoms with Crippen LogP contribution in [0.3, 0.4) is 0 Å². The summed E-state index contributed by atoms with van der Waals surface area (Å²) in [5.74, 6) is 0.377. The SMILES string of the molecule is CC1(C)CN(C(=O)c2nc(N3CCOCC3)ncc2Cl)Cc2ccccc21. The highest BCUT2D eigenvalue weighted by Gasteiger charge is 2.35. The lowest BCUT2D eigenvalue weighted by Gasteiger charge is -2.40. The molecule has 6 nitrogen and oxygen atoms in total. The summed E-state index contributed by atoms with van der Waals surface area (Å²) >= 11 is 6.30. The van der Waals surface area contributed by atoms with Gasteiger partial charge in [-0.1, -0.05) is 49.7 Å². The molecule has 1 amide bonds. The Morgan fingerprint density at radius 1 is 1.22 bits per heavy atom. The Morgan fingerprint density at radius 3 is 2.74 bits per heavy atom. The maximum atomic E-state index is 13.3. The number of rotatable bonds is 2. The highest BCUT2D eigenvalue weighted by atomic mass is 35.5. The molecule has 1 fully saturated rings. The van der Waals surface area contributed by atoms with E-state index in [1.165, 1.54) is 17.3 Å². The van der Waals surface area contributed by atoms with Crippen molar-refractivity contribution in [1.29, 1.82) is 0 Å². The van der Waals surface area contributed by atoms with E-state index >= 15 is 0 Å². The molecule has 0 radical (unpaired) electrons. The van der Waals surface area contributed by atoms with Gasteiger partial charge in [-0.3, -0.25) is 4.79 Å². The first-order chi connectivity index (χ1) is 13.0. The second-order valence-corrected chi connectivity index (χ2v) is 8.08. The van der Waals surface area contributed by atoms with Crippen LogP contribution >= 0.6 is 11.6 Å². The number of morpholine rings is 1. The Labute approximate surface area is 164 Å². The van der Waals surface area contributed by atoms with Crippen molar-refractivity contribution in [3.63, 3.8) is 0 Å². The van der Waals surface area contributed by atoms with E-state index < -0.39 is 0 Å². The standard InChI is InChI=1S/C20H23ClN4O2/c1-20(2)13-25(12-14-5-3-4-6-15(14)20)18(26)17-16(21)11-22-19(23-17)24-7-9-27-10-8-24/h3-6,11H,7-10,12-13H2,1-2H3. The smallest absolute Gasteiger partial charge is 0.274 e. The van der Waals surface area contributed by atoms with Crippen LogP contribution in [0.25, 0.3) is 0 Å². The van der Waals surface area contributed by atoms with E-state index in [9.17, 15) is 4.79 Å². The summed E-state index contributed by atoms with van der Waals surface area (Å²) in [5.41, 5.74) is 2.60. The number of carbonyl (C=O) groups is 1. The van der Waals surface area contributed by atoms with E-state index in [4.69, 9.17) is 16.3 Å². The van der Waals surface area contributed by atoms with Crippen LogP contribution in [0.1, 0.15) is 35.5 Å².